The van der Waals surface area contributed by atoms with Crippen molar-refractivity contribution in [3.63, 3.8) is 0 Å². The van der Waals surface area contributed by atoms with Crippen LogP contribution >= 0.6 is 0 Å². The SMILES string of the molecule is COc1ccc(Cc2nc(CCN)co2)cc1. The highest BCUT2D eigenvalue weighted by Gasteiger charge is 2.04. The van der Waals surface area contributed by atoms with Gasteiger partial charge in [-0.3, -0.25) is 0 Å². The maximum atomic E-state index is 5.46. The molecule has 1 heterocycles. The smallest absolute Gasteiger partial charge is 0.198 e. The van der Waals surface area contributed by atoms with Gasteiger partial charge >= 0.3 is 0 Å². The van der Waals surface area contributed by atoms with E-state index in [9.17, 15) is 0 Å². The first-order valence-electron chi connectivity index (χ1n) is 5.58. The van der Waals surface area contributed by atoms with Gasteiger partial charge in [-0.25, -0.2) is 4.98 Å². The molecule has 17 heavy (non-hydrogen) atoms. The van der Waals surface area contributed by atoms with E-state index in [4.69, 9.17) is 14.9 Å². The topological polar surface area (TPSA) is 61.3 Å². The number of benzene rings is 1. The van der Waals surface area contributed by atoms with E-state index in [1.807, 2.05) is 24.3 Å². The van der Waals surface area contributed by atoms with Crippen LogP contribution in [0.4, 0.5) is 0 Å². The van der Waals surface area contributed by atoms with Crippen LogP contribution in [-0.2, 0) is 12.8 Å². The molecular weight excluding hydrogens is 216 g/mol. The van der Waals surface area contributed by atoms with Crippen LogP contribution < -0.4 is 10.5 Å². The molecule has 0 bridgehead atoms. The van der Waals surface area contributed by atoms with Gasteiger partial charge in [-0.15, -0.1) is 0 Å². The van der Waals surface area contributed by atoms with Crippen LogP contribution in [0.3, 0.4) is 0 Å². The fourth-order valence-corrected chi connectivity index (χ4v) is 1.61. The van der Waals surface area contributed by atoms with Gasteiger partial charge in [0.25, 0.3) is 0 Å². The van der Waals surface area contributed by atoms with Crippen LogP contribution in [0.1, 0.15) is 17.1 Å². The molecule has 2 aromatic rings. The van der Waals surface area contributed by atoms with Crippen LogP contribution in [0.15, 0.2) is 34.9 Å². The Hall–Kier alpha value is -1.81. The molecule has 1 aromatic heterocycles. The highest BCUT2D eigenvalue weighted by Crippen LogP contribution is 2.14. The molecule has 0 aliphatic rings. The minimum absolute atomic E-state index is 0.592. The van der Waals surface area contributed by atoms with Gasteiger partial charge in [-0.1, -0.05) is 12.1 Å². The molecule has 2 N–H and O–H groups in total. The predicted octanol–water partition coefficient (Wildman–Crippen LogP) is 1.78. The zero-order chi connectivity index (χ0) is 12.1. The van der Waals surface area contributed by atoms with Crippen molar-refractivity contribution in [1.29, 1.82) is 0 Å². The fourth-order valence-electron chi connectivity index (χ4n) is 1.61. The number of aromatic nitrogens is 1. The van der Waals surface area contributed by atoms with E-state index in [0.717, 1.165) is 29.3 Å². The van der Waals surface area contributed by atoms with Gasteiger partial charge in [0.05, 0.1) is 12.8 Å². The lowest BCUT2D eigenvalue weighted by molar-refractivity contribution is 0.414. The van der Waals surface area contributed by atoms with E-state index in [2.05, 4.69) is 4.98 Å². The van der Waals surface area contributed by atoms with E-state index in [1.54, 1.807) is 13.4 Å². The minimum atomic E-state index is 0.592. The van der Waals surface area contributed by atoms with Gasteiger partial charge in [0.1, 0.15) is 12.0 Å². The highest BCUT2D eigenvalue weighted by molar-refractivity contribution is 5.28. The first-order chi connectivity index (χ1) is 8.31. The van der Waals surface area contributed by atoms with Crippen LogP contribution in [0.5, 0.6) is 5.75 Å². The maximum absolute atomic E-state index is 5.46. The summed E-state index contributed by atoms with van der Waals surface area (Å²) in [6.07, 6.45) is 3.12. The summed E-state index contributed by atoms with van der Waals surface area (Å²) in [6.45, 7) is 0.592. The van der Waals surface area contributed by atoms with E-state index in [1.165, 1.54) is 0 Å². The molecule has 2 rings (SSSR count). The Morgan fingerprint density at radius 3 is 2.71 bits per heavy atom. The van der Waals surface area contributed by atoms with E-state index >= 15 is 0 Å². The Morgan fingerprint density at radius 2 is 2.06 bits per heavy atom. The lowest BCUT2D eigenvalue weighted by Gasteiger charge is -2.00. The van der Waals surface area contributed by atoms with Crippen molar-refractivity contribution in [3.8, 4) is 5.75 Å². The fraction of sp³-hybridized carbons (Fsp3) is 0.308. The quantitative estimate of drug-likeness (QED) is 0.853. The van der Waals surface area contributed by atoms with Crippen LogP contribution in [0.2, 0.25) is 0 Å². The largest absolute Gasteiger partial charge is 0.497 e. The molecule has 0 amide bonds. The first kappa shape index (κ1) is 11.7. The molecule has 0 unspecified atom stereocenters. The molecule has 0 aliphatic carbocycles. The van der Waals surface area contributed by atoms with E-state index in [-0.39, 0.29) is 0 Å². The Morgan fingerprint density at radius 1 is 1.29 bits per heavy atom. The van der Waals surface area contributed by atoms with Crippen molar-refractivity contribution in [2.24, 2.45) is 5.73 Å². The van der Waals surface area contributed by atoms with Gasteiger partial charge in [0.15, 0.2) is 5.89 Å². The average molecular weight is 232 g/mol. The Balaban J connectivity index is 2.03. The summed E-state index contributed by atoms with van der Waals surface area (Å²) in [6, 6.07) is 7.87. The summed E-state index contributed by atoms with van der Waals surface area (Å²) in [4.78, 5) is 4.36. The van der Waals surface area contributed by atoms with Gasteiger partial charge in [0, 0.05) is 12.8 Å². The molecule has 4 heteroatoms. The second kappa shape index (κ2) is 5.50. The Bertz CT molecular complexity index is 463. The van der Waals surface area contributed by atoms with Crippen molar-refractivity contribution < 1.29 is 9.15 Å². The molecule has 0 aliphatic heterocycles. The van der Waals surface area contributed by atoms with Crippen molar-refractivity contribution in [2.75, 3.05) is 13.7 Å². The lowest BCUT2D eigenvalue weighted by Crippen LogP contribution is -2.02. The zero-order valence-electron chi connectivity index (χ0n) is 9.85. The summed E-state index contributed by atoms with van der Waals surface area (Å²) < 4.78 is 10.5. The molecule has 0 spiro atoms. The average Bonchev–Trinajstić information content (AvgIpc) is 2.78. The minimum Gasteiger partial charge on any atom is -0.497 e. The summed E-state index contributed by atoms with van der Waals surface area (Å²) in [7, 11) is 1.65. The number of oxazole rings is 1. The first-order valence-corrected chi connectivity index (χ1v) is 5.58. The predicted molar refractivity (Wildman–Crippen MR) is 65.1 cm³/mol. The van der Waals surface area contributed by atoms with Crippen LogP contribution in [0.25, 0.3) is 0 Å². The van der Waals surface area contributed by atoms with Crippen LogP contribution in [-0.4, -0.2) is 18.6 Å². The third-order valence-electron chi connectivity index (χ3n) is 2.51. The second-order valence-corrected chi connectivity index (χ2v) is 3.80. The Labute approximate surface area is 100 Å². The monoisotopic (exact) mass is 232 g/mol. The molecule has 0 atom stereocenters. The number of nitrogens with two attached hydrogens (primary N) is 1. The van der Waals surface area contributed by atoms with Gasteiger partial charge < -0.3 is 14.9 Å². The second-order valence-electron chi connectivity index (χ2n) is 3.80. The van der Waals surface area contributed by atoms with Crippen molar-refractivity contribution in [3.05, 3.63) is 47.7 Å². The molecular formula is C13H16N2O2. The van der Waals surface area contributed by atoms with Crippen molar-refractivity contribution in [2.45, 2.75) is 12.8 Å². The van der Waals surface area contributed by atoms with E-state index in [0.29, 0.717) is 13.0 Å². The number of hydrogen-bond donors (Lipinski definition) is 1. The lowest BCUT2D eigenvalue weighted by atomic mass is 10.1. The third kappa shape index (κ3) is 3.07. The number of hydrogen-bond acceptors (Lipinski definition) is 4. The normalized spacial score (nSPS) is 10.5. The third-order valence-corrected chi connectivity index (χ3v) is 2.51. The Kier molecular flexibility index (Phi) is 3.77. The van der Waals surface area contributed by atoms with Crippen LogP contribution in [0, 0.1) is 0 Å². The number of methoxy groups -OCH3 is 1. The molecule has 0 saturated carbocycles. The maximum Gasteiger partial charge on any atom is 0.198 e. The van der Waals surface area contributed by atoms with Gasteiger partial charge in [0.2, 0.25) is 0 Å². The summed E-state index contributed by atoms with van der Waals surface area (Å²) in [5, 5.41) is 0. The number of rotatable bonds is 5. The molecule has 0 saturated heterocycles. The molecule has 0 radical (unpaired) electrons. The summed E-state index contributed by atoms with van der Waals surface area (Å²) >= 11 is 0. The zero-order valence-corrected chi connectivity index (χ0v) is 9.85. The van der Waals surface area contributed by atoms with Crippen molar-refractivity contribution >= 4 is 0 Å². The molecule has 1 aromatic carbocycles. The van der Waals surface area contributed by atoms with E-state index < -0.39 is 0 Å². The molecule has 4 nitrogen and oxygen atoms in total. The number of ether oxygens (including phenoxy) is 1. The summed E-state index contributed by atoms with van der Waals surface area (Å²) in [5.41, 5.74) is 7.52. The van der Waals surface area contributed by atoms with Gasteiger partial charge in [-0.2, -0.15) is 0 Å². The number of nitrogens with zero attached hydrogens (tertiary/aromatic N) is 1. The highest BCUT2D eigenvalue weighted by atomic mass is 16.5. The molecule has 90 valence electrons. The van der Waals surface area contributed by atoms with Gasteiger partial charge in [-0.05, 0) is 24.2 Å². The van der Waals surface area contributed by atoms with Crippen molar-refractivity contribution in [1.82, 2.24) is 4.98 Å². The summed E-state index contributed by atoms with van der Waals surface area (Å²) in [5.74, 6) is 1.57. The standard InChI is InChI=1S/C13H16N2O2/c1-16-12-4-2-10(3-5-12)8-13-15-11(6-7-14)9-17-13/h2-5,9H,6-8,14H2,1H3. The molecule has 0 fully saturated rings.